The Balaban J connectivity index is 1.59. The fraction of sp³-hybridized carbons (Fsp3) is 0.333. The van der Waals surface area contributed by atoms with E-state index >= 15 is 0 Å². The summed E-state index contributed by atoms with van der Waals surface area (Å²) in [5, 5.41) is 2.88. The maximum atomic E-state index is 12.6. The monoisotopic (exact) mass is 367 g/mol. The predicted molar refractivity (Wildman–Crippen MR) is 106 cm³/mol. The molecule has 2 amide bonds. The number of carbonyl (C=O) groups is 2. The smallest absolute Gasteiger partial charge is 0.229 e. The van der Waals surface area contributed by atoms with E-state index in [1.54, 1.807) is 29.2 Å². The molecule has 6 heteroatoms. The number of hydrogen-bond acceptors (Lipinski definition) is 4. The molecule has 6 nitrogen and oxygen atoms in total. The van der Waals surface area contributed by atoms with Gasteiger partial charge in [0.15, 0.2) is 0 Å². The Kier molecular flexibility index (Phi) is 6.08. The predicted octanol–water partition coefficient (Wildman–Crippen LogP) is 2.58. The Hall–Kier alpha value is -2.86. The SMILES string of the molecule is CCc1ccc(N2CC(C(=O)Nc3ccc(OCCN)cc3)CC2=O)cc1. The number of nitrogens with one attached hydrogen (secondary N) is 1. The van der Waals surface area contributed by atoms with Crippen LogP contribution in [0.5, 0.6) is 5.75 Å². The largest absolute Gasteiger partial charge is 0.492 e. The zero-order valence-corrected chi connectivity index (χ0v) is 15.5. The van der Waals surface area contributed by atoms with Gasteiger partial charge in [-0.05, 0) is 48.4 Å². The molecule has 0 aromatic heterocycles. The van der Waals surface area contributed by atoms with Crippen LogP contribution in [0.1, 0.15) is 18.9 Å². The van der Waals surface area contributed by atoms with Crippen LogP contribution in [0.2, 0.25) is 0 Å². The van der Waals surface area contributed by atoms with Gasteiger partial charge >= 0.3 is 0 Å². The van der Waals surface area contributed by atoms with Crippen LogP contribution >= 0.6 is 0 Å². The van der Waals surface area contributed by atoms with Crippen molar-refractivity contribution in [3.8, 4) is 5.75 Å². The second kappa shape index (κ2) is 8.68. The van der Waals surface area contributed by atoms with Crippen molar-refractivity contribution in [2.24, 2.45) is 11.7 Å². The minimum Gasteiger partial charge on any atom is -0.492 e. The van der Waals surface area contributed by atoms with Crippen molar-refractivity contribution in [2.45, 2.75) is 19.8 Å². The molecule has 1 heterocycles. The Morgan fingerprint density at radius 2 is 1.89 bits per heavy atom. The highest BCUT2D eigenvalue weighted by atomic mass is 16.5. The first kappa shape index (κ1) is 18.9. The van der Waals surface area contributed by atoms with E-state index in [4.69, 9.17) is 10.5 Å². The Morgan fingerprint density at radius 3 is 2.52 bits per heavy atom. The van der Waals surface area contributed by atoms with Crippen LogP contribution < -0.4 is 20.7 Å². The number of nitrogens with zero attached hydrogens (tertiary/aromatic N) is 1. The number of ether oxygens (including phenoxy) is 1. The van der Waals surface area contributed by atoms with E-state index in [9.17, 15) is 9.59 Å². The van der Waals surface area contributed by atoms with Gasteiger partial charge in [-0.1, -0.05) is 19.1 Å². The molecule has 3 rings (SSSR count). The van der Waals surface area contributed by atoms with Crippen LogP contribution in [0.25, 0.3) is 0 Å². The zero-order chi connectivity index (χ0) is 19.2. The third-order valence-corrected chi connectivity index (χ3v) is 4.66. The summed E-state index contributed by atoms with van der Waals surface area (Å²) in [6.45, 7) is 3.39. The topological polar surface area (TPSA) is 84.7 Å². The van der Waals surface area contributed by atoms with Crippen molar-refractivity contribution in [1.29, 1.82) is 0 Å². The molecule has 1 unspecified atom stereocenters. The lowest BCUT2D eigenvalue weighted by Crippen LogP contribution is -2.28. The molecular formula is C21H25N3O3. The van der Waals surface area contributed by atoms with Gasteiger partial charge < -0.3 is 20.7 Å². The summed E-state index contributed by atoms with van der Waals surface area (Å²) in [5.74, 6) is 0.171. The van der Waals surface area contributed by atoms with Crippen LogP contribution in [0.4, 0.5) is 11.4 Å². The minimum atomic E-state index is -0.364. The number of carbonyl (C=O) groups excluding carboxylic acids is 2. The van der Waals surface area contributed by atoms with Gasteiger partial charge in [0.25, 0.3) is 0 Å². The first-order valence-corrected chi connectivity index (χ1v) is 9.23. The molecule has 1 aliphatic rings. The molecule has 2 aromatic carbocycles. The number of amides is 2. The third kappa shape index (κ3) is 4.65. The summed E-state index contributed by atoms with van der Waals surface area (Å²) in [7, 11) is 0. The molecule has 2 aromatic rings. The molecule has 1 aliphatic heterocycles. The number of anilines is 2. The molecule has 0 saturated carbocycles. The van der Waals surface area contributed by atoms with Crippen molar-refractivity contribution in [1.82, 2.24) is 0 Å². The lowest BCUT2D eigenvalue weighted by molar-refractivity contribution is -0.122. The van der Waals surface area contributed by atoms with E-state index < -0.39 is 0 Å². The Labute approximate surface area is 159 Å². The minimum absolute atomic E-state index is 0.0232. The number of hydrogen-bond donors (Lipinski definition) is 2. The molecule has 27 heavy (non-hydrogen) atoms. The van der Waals surface area contributed by atoms with Gasteiger partial charge in [0, 0.05) is 30.9 Å². The molecular weight excluding hydrogens is 342 g/mol. The van der Waals surface area contributed by atoms with Gasteiger partial charge in [0.2, 0.25) is 11.8 Å². The van der Waals surface area contributed by atoms with Crippen LogP contribution in [0.15, 0.2) is 48.5 Å². The average Bonchev–Trinajstić information content (AvgIpc) is 3.09. The average molecular weight is 367 g/mol. The summed E-state index contributed by atoms with van der Waals surface area (Å²) in [5.41, 5.74) is 8.15. The first-order chi connectivity index (χ1) is 13.1. The van der Waals surface area contributed by atoms with Crippen LogP contribution in [-0.4, -0.2) is 31.5 Å². The standard InChI is InChI=1S/C21H25N3O3/c1-2-15-3-7-18(8-4-15)24-14-16(13-20(24)25)21(26)23-17-5-9-19(10-6-17)27-12-11-22/h3-10,16H,2,11-14,22H2,1H3,(H,23,26). The number of aryl methyl sites for hydroxylation is 1. The lowest BCUT2D eigenvalue weighted by Gasteiger charge is -2.17. The normalized spacial score (nSPS) is 16.4. The number of nitrogens with two attached hydrogens (primary N) is 1. The molecule has 0 spiro atoms. The van der Waals surface area contributed by atoms with Crippen LogP contribution in [0, 0.1) is 5.92 Å². The second-order valence-electron chi connectivity index (χ2n) is 6.58. The second-order valence-corrected chi connectivity index (χ2v) is 6.58. The highest BCUT2D eigenvalue weighted by Crippen LogP contribution is 2.26. The van der Waals surface area contributed by atoms with Gasteiger partial charge in [-0.25, -0.2) is 0 Å². The first-order valence-electron chi connectivity index (χ1n) is 9.23. The summed E-state index contributed by atoms with van der Waals surface area (Å²) >= 11 is 0. The summed E-state index contributed by atoms with van der Waals surface area (Å²) in [4.78, 5) is 26.6. The summed E-state index contributed by atoms with van der Waals surface area (Å²) in [6.07, 6.45) is 1.17. The summed E-state index contributed by atoms with van der Waals surface area (Å²) in [6, 6.07) is 15.0. The van der Waals surface area contributed by atoms with Crippen LogP contribution in [-0.2, 0) is 16.0 Å². The third-order valence-electron chi connectivity index (χ3n) is 4.66. The highest BCUT2D eigenvalue weighted by Gasteiger charge is 2.35. The molecule has 0 radical (unpaired) electrons. The molecule has 0 bridgehead atoms. The van der Waals surface area contributed by atoms with Crippen molar-refractivity contribution >= 4 is 23.2 Å². The van der Waals surface area contributed by atoms with E-state index in [-0.39, 0.29) is 24.2 Å². The van der Waals surface area contributed by atoms with E-state index in [1.165, 1.54) is 5.56 Å². The van der Waals surface area contributed by atoms with E-state index in [0.29, 0.717) is 31.1 Å². The molecule has 1 fully saturated rings. The number of benzene rings is 2. The van der Waals surface area contributed by atoms with Gasteiger partial charge in [-0.15, -0.1) is 0 Å². The molecule has 0 aliphatic carbocycles. The molecule has 1 saturated heterocycles. The van der Waals surface area contributed by atoms with Crippen LogP contribution in [0.3, 0.4) is 0 Å². The zero-order valence-electron chi connectivity index (χ0n) is 15.5. The van der Waals surface area contributed by atoms with Crippen molar-refractivity contribution in [2.75, 3.05) is 29.9 Å². The van der Waals surface area contributed by atoms with Gasteiger partial charge in [-0.2, -0.15) is 0 Å². The number of rotatable bonds is 7. The van der Waals surface area contributed by atoms with Crippen molar-refractivity contribution in [3.63, 3.8) is 0 Å². The van der Waals surface area contributed by atoms with Gasteiger partial charge in [0.05, 0.1) is 5.92 Å². The highest BCUT2D eigenvalue weighted by molar-refractivity contribution is 6.03. The molecule has 1 atom stereocenters. The van der Waals surface area contributed by atoms with Gasteiger partial charge in [-0.3, -0.25) is 9.59 Å². The van der Waals surface area contributed by atoms with Gasteiger partial charge in [0.1, 0.15) is 12.4 Å². The van der Waals surface area contributed by atoms with Crippen molar-refractivity contribution in [3.05, 3.63) is 54.1 Å². The fourth-order valence-electron chi connectivity index (χ4n) is 3.10. The Morgan fingerprint density at radius 1 is 1.19 bits per heavy atom. The quantitative estimate of drug-likeness (QED) is 0.788. The van der Waals surface area contributed by atoms with E-state index in [0.717, 1.165) is 12.1 Å². The van der Waals surface area contributed by atoms with Crippen molar-refractivity contribution < 1.29 is 14.3 Å². The summed E-state index contributed by atoms with van der Waals surface area (Å²) < 4.78 is 5.42. The van der Waals surface area contributed by atoms with E-state index in [1.807, 2.05) is 24.3 Å². The van der Waals surface area contributed by atoms with E-state index in [2.05, 4.69) is 12.2 Å². The molecule has 142 valence electrons. The maximum absolute atomic E-state index is 12.6. The lowest BCUT2D eigenvalue weighted by atomic mass is 10.1. The Bertz CT molecular complexity index is 787. The molecule has 3 N–H and O–H groups in total. The fourth-order valence-corrected chi connectivity index (χ4v) is 3.10. The maximum Gasteiger partial charge on any atom is 0.229 e.